The van der Waals surface area contributed by atoms with Gasteiger partial charge in [-0.2, -0.15) is 0 Å². The van der Waals surface area contributed by atoms with Gasteiger partial charge in [-0.25, -0.2) is 0 Å². The summed E-state index contributed by atoms with van der Waals surface area (Å²) in [7, 11) is 0. The van der Waals surface area contributed by atoms with Crippen LogP contribution in [0, 0.1) is 5.92 Å². The highest BCUT2D eigenvalue weighted by Crippen LogP contribution is 2.23. The maximum Gasteiger partial charge on any atom is 0.303 e. The summed E-state index contributed by atoms with van der Waals surface area (Å²) in [6.45, 7) is 1.92. The summed E-state index contributed by atoms with van der Waals surface area (Å²) in [5.74, 6) is -0.591. The molecule has 1 amide bonds. The predicted molar refractivity (Wildman–Crippen MR) is 69.0 cm³/mol. The second-order valence-electron chi connectivity index (χ2n) is 5.31. The van der Waals surface area contributed by atoms with Crippen molar-refractivity contribution < 1.29 is 14.7 Å². The number of nitrogens with two attached hydrogens (primary N) is 1. The van der Waals surface area contributed by atoms with Gasteiger partial charge in [-0.3, -0.25) is 9.59 Å². The second kappa shape index (κ2) is 7.36. The van der Waals surface area contributed by atoms with E-state index < -0.39 is 5.97 Å². The van der Waals surface area contributed by atoms with Gasteiger partial charge in [-0.15, -0.1) is 0 Å². The highest BCUT2D eigenvalue weighted by atomic mass is 16.4. The molecule has 0 aromatic carbocycles. The Morgan fingerprint density at radius 3 is 2.50 bits per heavy atom. The van der Waals surface area contributed by atoms with Crippen LogP contribution in [0.5, 0.6) is 0 Å². The first-order chi connectivity index (χ1) is 8.49. The number of carbonyl (C=O) groups is 2. The van der Waals surface area contributed by atoms with Crippen LogP contribution in [0.3, 0.4) is 0 Å². The predicted octanol–water partition coefficient (Wildman–Crippen LogP) is 1.26. The van der Waals surface area contributed by atoms with E-state index in [1.165, 1.54) is 0 Å². The fraction of sp³-hybridized carbons (Fsp3) is 0.846. The number of hydrogen-bond donors (Lipinski definition) is 3. The van der Waals surface area contributed by atoms with Crippen molar-refractivity contribution >= 4 is 11.9 Å². The molecule has 104 valence electrons. The fourth-order valence-corrected chi connectivity index (χ4v) is 2.37. The number of hydrogen-bond acceptors (Lipinski definition) is 3. The van der Waals surface area contributed by atoms with E-state index in [1.54, 1.807) is 0 Å². The van der Waals surface area contributed by atoms with Gasteiger partial charge in [-0.1, -0.05) is 0 Å². The van der Waals surface area contributed by atoms with E-state index in [9.17, 15) is 9.59 Å². The molecule has 18 heavy (non-hydrogen) atoms. The van der Waals surface area contributed by atoms with Crippen molar-refractivity contribution in [1.29, 1.82) is 0 Å². The summed E-state index contributed by atoms with van der Waals surface area (Å²) in [6, 6.07) is 0.300. The van der Waals surface area contributed by atoms with Crippen molar-refractivity contribution in [3.63, 3.8) is 0 Å². The molecule has 4 N–H and O–H groups in total. The molecule has 5 nitrogen and oxygen atoms in total. The fourth-order valence-electron chi connectivity index (χ4n) is 2.37. The van der Waals surface area contributed by atoms with Crippen LogP contribution in [0.4, 0.5) is 0 Å². The Morgan fingerprint density at radius 1 is 1.33 bits per heavy atom. The maximum atomic E-state index is 11.9. The van der Waals surface area contributed by atoms with Crippen molar-refractivity contribution in [3.05, 3.63) is 0 Å². The van der Waals surface area contributed by atoms with E-state index in [2.05, 4.69) is 5.32 Å². The Morgan fingerprint density at radius 2 is 1.94 bits per heavy atom. The van der Waals surface area contributed by atoms with Gasteiger partial charge in [0.2, 0.25) is 5.91 Å². The lowest BCUT2D eigenvalue weighted by atomic mass is 9.86. The molecule has 1 fully saturated rings. The first-order valence-corrected chi connectivity index (χ1v) is 6.76. The second-order valence-corrected chi connectivity index (χ2v) is 5.31. The highest BCUT2D eigenvalue weighted by Gasteiger charge is 2.25. The average molecular weight is 256 g/mol. The topological polar surface area (TPSA) is 92.4 Å². The van der Waals surface area contributed by atoms with E-state index >= 15 is 0 Å². The molecule has 0 radical (unpaired) electrons. The van der Waals surface area contributed by atoms with Crippen LogP contribution in [0.1, 0.15) is 51.9 Å². The molecule has 1 rings (SSSR count). The molecule has 0 bridgehead atoms. The molecule has 0 aromatic rings. The van der Waals surface area contributed by atoms with E-state index in [0.29, 0.717) is 12.8 Å². The Kier molecular flexibility index (Phi) is 6.12. The molecule has 0 aliphatic heterocycles. The van der Waals surface area contributed by atoms with Gasteiger partial charge in [0, 0.05) is 24.4 Å². The number of carbonyl (C=O) groups excluding carboxylic acids is 1. The zero-order valence-corrected chi connectivity index (χ0v) is 11.0. The summed E-state index contributed by atoms with van der Waals surface area (Å²) in [4.78, 5) is 22.3. The van der Waals surface area contributed by atoms with Crippen LogP contribution in [-0.2, 0) is 9.59 Å². The minimum atomic E-state index is -0.783. The van der Waals surface area contributed by atoms with E-state index in [1.807, 2.05) is 6.92 Å². The van der Waals surface area contributed by atoms with Crippen molar-refractivity contribution in [3.8, 4) is 0 Å². The third kappa shape index (κ3) is 5.49. The van der Waals surface area contributed by atoms with E-state index in [0.717, 1.165) is 25.7 Å². The van der Waals surface area contributed by atoms with Gasteiger partial charge in [0.25, 0.3) is 0 Å². The third-order valence-corrected chi connectivity index (χ3v) is 3.56. The number of amides is 1. The smallest absolute Gasteiger partial charge is 0.303 e. The molecule has 1 unspecified atom stereocenters. The Hall–Kier alpha value is -1.10. The molecular weight excluding hydrogens is 232 g/mol. The minimum Gasteiger partial charge on any atom is -0.481 e. The van der Waals surface area contributed by atoms with Crippen LogP contribution in [0.25, 0.3) is 0 Å². The lowest BCUT2D eigenvalue weighted by Crippen LogP contribution is -2.40. The average Bonchev–Trinajstić information content (AvgIpc) is 2.29. The monoisotopic (exact) mass is 256 g/mol. The zero-order valence-electron chi connectivity index (χ0n) is 11.0. The zero-order chi connectivity index (χ0) is 13.5. The summed E-state index contributed by atoms with van der Waals surface area (Å²) < 4.78 is 0. The summed E-state index contributed by atoms with van der Waals surface area (Å²) in [5, 5.41) is 11.5. The quantitative estimate of drug-likeness (QED) is 0.667. The number of rotatable bonds is 6. The van der Waals surface area contributed by atoms with Crippen molar-refractivity contribution in [2.24, 2.45) is 11.7 Å². The molecule has 1 saturated carbocycles. The van der Waals surface area contributed by atoms with Gasteiger partial charge in [0.15, 0.2) is 0 Å². The molecule has 0 spiro atoms. The maximum absolute atomic E-state index is 11.9. The van der Waals surface area contributed by atoms with Gasteiger partial charge in [-0.05, 0) is 45.4 Å². The SMILES string of the molecule is CC(CCCC(=O)O)NC(=O)C1CCC(N)CC1. The van der Waals surface area contributed by atoms with Crippen molar-refractivity contribution in [2.45, 2.75) is 64.0 Å². The summed E-state index contributed by atoms with van der Waals surface area (Å²) in [6.07, 6.45) is 5.07. The van der Waals surface area contributed by atoms with Crippen molar-refractivity contribution in [1.82, 2.24) is 5.32 Å². The lowest BCUT2D eigenvalue weighted by molar-refractivity contribution is -0.137. The standard InChI is InChI=1S/C13H24N2O3/c1-9(3-2-4-12(16)17)15-13(18)10-5-7-11(14)8-6-10/h9-11H,2-8,14H2,1H3,(H,15,18)(H,16,17). The first kappa shape index (κ1) is 15.0. The molecule has 1 aliphatic rings. The summed E-state index contributed by atoms with van der Waals surface area (Å²) in [5.41, 5.74) is 5.81. The number of nitrogens with one attached hydrogen (secondary N) is 1. The normalized spacial score (nSPS) is 25.4. The lowest BCUT2D eigenvalue weighted by Gasteiger charge is -2.26. The van der Waals surface area contributed by atoms with Gasteiger partial charge in [0.1, 0.15) is 0 Å². The van der Waals surface area contributed by atoms with E-state index in [-0.39, 0.29) is 30.3 Å². The summed E-state index contributed by atoms with van der Waals surface area (Å²) >= 11 is 0. The Bertz CT molecular complexity index is 286. The van der Waals surface area contributed by atoms with Crippen LogP contribution in [-0.4, -0.2) is 29.1 Å². The van der Waals surface area contributed by atoms with Crippen molar-refractivity contribution in [2.75, 3.05) is 0 Å². The Labute approximate surface area is 108 Å². The number of carboxylic acid groups (broad SMARTS) is 1. The van der Waals surface area contributed by atoms with Crippen LogP contribution < -0.4 is 11.1 Å². The highest BCUT2D eigenvalue weighted by molar-refractivity contribution is 5.79. The number of carboxylic acids is 1. The molecule has 0 saturated heterocycles. The molecule has 0 aromatic heterocycles. The van der Waals surface area contributed by atoms with Crippen LogP contribution in [0.2, 0.25) is 0 Å². The van der Waals surface area contributed by atoms with Gasteiger partial charge >= 0.3 is 5.97 Å². The molecular formula is C13H24N2O3. The largest absolute Gasteiger partial charge is 0.481 e. The van der Waals surface area contributed by atoms with Gasteiger partial charge in [0.05, 0.1) is 0 Å². The molecule has 5 heteroatoms. The minimum absolute atomic E-state index is 0.0486. The van der Waals surface area contributed by atoms with Crippen LogP contribution >= 0.6 is 0 Å². The molecule has 1 atom stereocenters. The third-order valence-electron chi connectivity index (χ3n) is 3.56. The Balaban J connectivity index is 2.20. The van der Waals surface area contributed by atoms with Crippen LogP contribution in [0.15, 0.2) is 0 Å². The molecule has 0 heterocycles. The number of aliphatic carboxylic acids is 1. The van der Waals surface area contributed by atoms with E-state index in [4.69, 9.17) is 10.8 Å². The first-order valence-electron chi connectivity index (χ1n) is 6.76. The van der Waals surface area contributed by atoms with Gasteiger partial charge < -0.3 is 16.2 Å². The molecule has 1 aliphatic carbocycles.